The van der Waals surface area contributed by atoms with Gasteiger partial charge in [-0.1, -0.05) is 53.8 Å². The monoisotopic (exact) mass is 426 g/mol. The van der Waals surface area contributed by atoms with E-state index in [0.717, 1.165) is 22.2 Å². The first-order chi connectivity index (χ1) is 15.0. The van der Waals surface area contributed by atoms with E-state index < -0.39 is 5.97 Å². The number of carbonyl (C=O) groups excluding carboxylic acids is 1. The Morgan fingerprint density at radius 2 is 1.77 bits per heavy atom. The number of para-hydroxylation sites is 1. The Kier molecular flexibility index (Phi) is 4.64. The molecule has 6 heteroatoms. The topological polar surface area (TPSA) is 60.7 Å². The number of fused-ring (bicyclic) bond motifs is 3. The van der Waals surface area contributed by atoms with Crippen LogP contribution in [0.3, 0.4) is 0 Å². The van der Waals surface area contributed by atoms with Crippen LogP contribution < -0.4 is 14.8 Å². The number of aryl methyl sites for hydroxylation is 2. The van der Waals surface area contributed by atoms with Crippen molar-refractivity contribution < 1.29 is 9.53 Å². The normalized spacial score (nSPS) is 12.0. The highest BCUT2D eigenvalue weighted by Gasteiger charge is 2.14. The molecule has 5 aromatic rings. The molecule has 5 rings (SSSR count). The molecule has 5 nitrogen and oxygen atoms in total. The molecule has 0 spiro atoms. The number of thiazole rings is 1. The highest BCUT2D eigenvalue weighted by Crippen LogP contribution is 2.23. The molecule has 0 amide bonds. The molecule has 0 aliphatic rings. The maximum atomic E-state index is 13.2. The largest absolute Gasteiger partial charge is 0.422 e. The number of ether oxygens (including phenoxy) is 1. The van der Waals surface area contributed by atoms with Crippen LogP contribution in [0.4, 0.5) is 0 Å². The zero-order valence-electron chi connectivity index (χ0n) is 17.0. The van der Waals surface area contributed by atoms with E-state index in [2.05, 4.69) is 11.1 Å². The number of nitrogens with zero attached hydrogens (tertiary/aromatic N) is 2. The summed E-state index contributed by atoms with van der Waals surface area (Å²) in [6.07, 6.45) is 1.75. The van der Waals surface area contributed by atoms with Crippen LogP contribution in [0.15, 0.2) is 71.5 Å². The summed E-state index contributed by atoms with van der Waals surface area (Å²) in [5, 5.41) is 0. The van der Waals surface area contributed by atoms with Crippen LogP contribution in [0.25, 0.3) is 22.1 Å². The van der Waals surface area contributed by atoms with Crippen molar-refractivity contribution >= 4 is 39.4 Å². The summed E-state index contributed by atoms with van der Waals surface area (Å²) >= 11 is 1.33. The van der Waals surface area contributed by atoms with Crippen molar-refractivity contribution in [3.05, 3.63) is 104 Å². The van der Waals surface area contributed by atoms with Crippen LogP contribution in [-0.2, 0) is 0 Å². The van der Waals surface area contributed by atoms with Crippen molar-refractivity contribution in [3.8, 4) is 5.75 Å². The number of hydrogen-bond donors (Lipinski definition) is 0. The fourth-order valence-electron chi connectivity index (χ4n) is 3.68. The van der Waals surface area contributed by atoms with Gasteiger partial charge in [0.15, 0.2) is 4.96 Å². The average molecular weight is 426 g/mol. The highest BCUT2D eigenvalue weighted by molar-refractivity contribution is 7.15. The van der Waals surface area contributed by atoms with Crippen molar-refractivity contribution in [1.82, 2.24) is 9.38 Å². The molecule has 2 heterocycles. The molecule has 3 aromatic carbocycles. The van der Waals surface area contributed by atoms with Gasteiger partial charge in [-0.3, -0.25) is 4.79 Å². The molecule has 31 heavy (non-hydrogen) atoms. The lowest BCUT2D eigenvalue weighted by Crippen LogP contribution is -2.23. The SMILES string of the molecule is Cc1cc(C)c2nc3s/c(=C\c4ccccc4OC(=O)c4ccccc4)c(=O)n3c2c1. The number of benzene rings is 3. The lowest BCUT2D eigenvalue weighted by atomic mass is 10.1. The standard InChI is InChI=1S/C25H18N2O3S/c1-15-12-16(2)22-19(13-15)27-23(28)21(31-25(27)26-22)14-18-10-6-7-11-20(18)30-24(29)17-8-4-3-5-9-17/h3-14H,1-2H3/b21-14-. The van der Waals surface area contributed by atoms with E-state index in [-0.39, 0.29) is 5.56 Å². The van der Waals surface area contributed by atoms with Gasteiger partial charge in [-0.2, -0.15) is 0 Å². The summed E-state index contributed by atoms with van der Waals surface area (Å²) in [5.41, 5.74) is 4.79. The molecule has 0 saturated heterocycles. The first-order valence-electron chi connectivity index (χ1n) is 9.81. The molecule has 152 valence electrons. The molecule has 0 N–H and O–H groups in total. The lowest BCUT2D eigenvalue weighted by Gasteiger charge is -2.07. The summed E-state index contributed by atoms with van der Waals surface area (Å²) in [4.78, 5) is 31.0. The molecular weight excluding hydrogens is 408 g/mol. The summed E-state index contributed by atoms with van der Waals surface area (Å²) in [7, 11) is 0. The quantitative estimate of drug-likeness (QED) is 0.319. The van der Waals surface area contributed by atoms with E-state index in [4.69, 9.17) is 4.74 Å². The Morgan fingerprint density at radius 3 is 2.58 bits per heavy atom. The molecule has 2 aromatic heterocycles. The number of rotatable bonds is 3. The maximum absolute atomic E-state index is 13.2. The summed E-state index contributed by atoms with van der Waals surface area (Å²) in [6, 6.07) is 20.0. The lowest BCUT2D eigenvalue weighted by molar-refractivity contribution is 0.0734. The molecule has 0 aliphatic carbocycles. The third kappa shape index (κ3) is 3.41. The number of imidazole rings is 1. The van der Waals surface area contributed by atoms with E-state index in [1.165, 1.54) is 11.3 Å². The maximum Gasteiger partial charge on any atom is 0.343 e. The minimum Gasteiger partial charge on any atom is -0.422 e. The van der Waals surface area contributed by atoms with Gasteiger partial charge in [-0.15, -0.1) is 0 Å². The van der Waals surface area contributed by atoms with Crippen LogP contribution >= 0.6 is 11.3 Å². The Labute approximate surface area is 181 Å². The Hall–Kier alpha value is -3.77. The zero-order chi connectivity index (χ0) is 21.5. The zero-order valence-corrected chi connectivity index (χ0v) is 17.8. The predicted molar refractivity (Wildman–Crippen MR) is 123 cm³/mol. The first-order valence-corrected chi connectivity index (χ1v) is 10.6. The molecule has 0 fully saturated rings. The fourth-order valence-corrected chi connectivity index (χ4v) is 4.65. The third-order valence-electron chi connectivity index (χ3n) is 5.10. The Balaban J connectivity index is 1.61. The smallest absolute Gasteiger partial charge is 0.343 e. The van der Waals surface area contributed by atoms with Gasteiger partial charge in [0.1, 0.15) is 5.75 Å². The van der Waals surface area contributed by atoms with E-state index in [9.17, 15) is 9.59 Å². The van der Waals surface area contributed by atoms with Gasteiger partial charge < -0.3 is 4.74 Å². The molecule has 0 unspecified atom stereocenters. The molecule has 0 atom stereocenters. The van der Waals surface area contributed by atoms with Crippen LogP contribution in [0.2, 0.25) is 0 Å². The Bertz CT molecular complexity index is 1570. The average Bonchev–Trinajstić information content (AvgIpc) is 3.27. The van der Waals surface area contributed by atoms with Crippen LogP contribution in [0.1, 0.15) is 27.0 Å². The summed E-state index contributed by atoms with van der Waals surface area (Å²) in [5.74, 6) is -0.0416. The van der Waals surface area contributed by atoms with Crippen molar-refractivity contribution in [2.24, 2.45) is 0 Å². The summed E-state index contributed by atoms with van der Waals surface area (Å²) in [6.45, 7) is 4.01. The minimum absolute atomic E-state index is 0.128. The van der Waals surface area contributed by atoms with Gasteiger partial charge >= 0.3 is 5.97 Å². The van der Waals surface area contributed by atoms with Gasteiger partial charge in [-0.25, -0.2) is 14.2 Å². The van der Waals surface area contributed by atoms with Crippen LogP contribution in [0.5, 0.6) is 5.75 Å². The van der Waals surface area contributed by atoms with E-state index in [0.29, 0.717) is 26.4 Å². The van der Waals surface area contributed by atoms with Crippen LogP contribution in [0, 0.1) is 13.8 Å². The number of esters is 1. The number of carbonyl (C=O) groups is 1. The van der Waals surface area contributed by atoms with Crippen molar-refractivity contribution in [2.45, 2.75) is 13.8 Å². The van der Waals surface area contributed by atoms with Crippen molar-refractivity contribution in [3.63, 3.8) is 0 Å². The molecular formula is C25H18N2O3S. The van der Waals surface area contributed by atoms with Gasteiger partial charge in [0.05, 0.1) is 21.1 Å². The van der Waals surface area contributed by atoms with Crippen molar-refractivity contribution in [1.29, 1.82) is 0 Å². The first kappa shape index (κ1) is 19.2. The Morgan fingerprint density at radius 1 is 1.03 bits per heavy atom. The van der Waals surface area contributed by atoms with E-state index in [1.54, 1.807) is 46.9 Å². The number of aromatic nitrogens is 2. The van der Waals surface area contributed by atoms with Gasteiger partial charge in [0, 0.05) is 5.56 Å². The van der Waals surface area contributed by atoms with Gasteiger partial charge in [0.25, 0.3) is 5.56 Å². The molecule has 0 aliphatic heterocycles. The van der Waals surface area contributed by atoms with Crippen LogP contribution in [-0.4, -0.2) is 15.4 Å². The molecule has 0 radical (unpaired) electrons. The van der Waals surface area contributed by atoms with Gasteiger partial charge in [-0.05, 0) is 55.3 Å². The fraction of sp³-hybridized carbons (Fsp3) is 0.0800. The molecule has 0 saturated carbocycles. The predicted octanol–water partition coefficient (Wildman–Crippen LogP) is 4.29. The van der Waals surface area contributed by atoms with E-state index >= 15 is 0 Å². The van der Waals surface area contributed by atoms with Crippen molar-refractivity contribution in [2.75, 3.05) is 0 Å². The van der Waals surface area contributed by atoms with Gasteiger partial charge in [0.2, 0.25) is 0 Å². The second-order valence-corrected chi connectivity index (χ2v) is 8.40. The number of hydrogen-bond acceptors (Lipinski definition) is 5. The second kappa shape index (κ2) is 7.49. The minimum atomic E-state index is -0.443. The molecule has 0 bridgehead atoms. The second-order valence-electron chi connectivity index (χ2n) is 7.39. The summed E-state index contributed by atoms with van der Waals surface area (Å²) < 4.78 is 7.80. The van der Waals surface area contributed by atoms with E-state index in [1.807, 2.05) is 38.1 Å². The third-order valence-corrected chi connectivity index (χ3v) is 6.07. The highest BCUT2D eigenvalue weighted by atomic mass is 32.1.